The summed E-state index contributed by atoms with van der Waals surface area (Å²) in [5.41, 5.74) is 0. The van der Waals surface area contributed by atoms with Gasteiger partial charge in [-0.05, 0) is 6.42 Å². The summed E-state index contributed by atoms with van der Waals surface area (Å²) in [4.78, 5) is 25.5. The van der Waals surface area contributed by atoms with Gasteiger partial charge < -0.3 is 16.0 Å². The van der Waals surface area contributed by atoms with Gasteiger partial charge in [0, 0.05) is 45.3 Å². The summed E-state index contributed by atoms with van der Waals surface area (Å²) in [6, 6.07) is -0.443. The van der Waals surface area contributed by atoms with Crippen LogP contribution in [0.2, 0.25) is 0 Å². The molecule has 0 aromatic heterocycles. The van der Waals surface area contributed by atoms with Crippen LogP contribution < -0.4 is 16.0 Å². The van der Waals surface area contributed by atoms with Gasteiger partial charge in [-0.15, -0.1) is 0 Å². The van der Waals surface area contributed by atoms with Crippen LogP contribution in [0.25, 0.3) is 0 Å². The second-order valence-electron chi connectivity index (χ2n) is 5.42. The fraction of sp³-hybridized carbons (Fsp3) is 0.833. The van der Waals surface area contributed by atoms with Crippen molar-refractivity contribution in [2.45, 2.75) is 12.5 Å². The van der Waals surface area contributed by atoms with Gasteiger partial charge in [0.05, 0.1) is 11.5 Å². The van der Waals surface area contributed by atoms with Crippen molar-refractivity contribution >= 4 is 21.7 Å². The first-order valence-corrected chi connectivity index (χ1v) is 9.00. The van der Waals surface area contributed by atoms with E-state index in [9.17, 15) is 18.0 Å². The Morgan fingerprint density at radius 2 is 1.90 bits per heavy atom. The van der Waals surface area contributed by atoms with Crippen LogP contribution in [-0.2, 0) is 19.4 Å². The predicted molar refractivity (Wildman–Crippen MR) is 77.5 cm³/mol. The third-order valence-corrected chi connectivity index (χ3v) is 5.47. The maximum Gasteiger partial charge on any atom is 0.309 e. The third-order valence-electron chi connectivity index (χ3n) is 3.70. The van der Waals surface area contributed by atoms with Gasteiger partial charge in [0.25, 0.3) is 0 Å². The lowest BCUT2D eigenvalue weighted by atomic mass is 10.2. The highest BCUT2D eigenvalue weighted by Crippen LogP contribution is 2.10. The highest BCUT2D eigenvalue weighted by Gasteiger charge is 2.30. The van der Waals surface area contributed by atoms with Crippen molar-refractivity contribution < 1.29 is 18.0 Å². The molecule has 0 aromatic carbocycles. The second-order valence-corrected chi connectivity index (χ2v) is 7.65. The van der Waals surface area contributed by atoms with Crippen molar-refractivity contribution in [1.29, 1.82) is 0 Å². The molecule has 0 spiro atoms. The predicted octanol–water partition coefficient (Wildman–Crippen LogP) is -2.69. The molecule has 1 atom stereocenters. The quantitative estimate of drug-likeness (QED) is 0.487. The summed E-state index contributed by atoms with van der Waals surface area (Å²) in [7, 11) is -3.06. The normalized spacial score (nSPS) is 25.4. The Kier molecular flexibility index (Phi) is 5.54. The molecule has 0 aromatic rings. The molecule has 3 N–H and O–H groups in total. The van der Waals surface area contributed by atoms with E-state index >= 15 is 0 Å². The first kappa shape index (κ1) is 16.2. The number of hydrogen-bond acceptors (Lipinski definition) is 6. The smallest absolute Gasteiger partial charge is 0.309 e. The van der Waals surface area contributed by atoms with Gasteiger partial charge in [-0.25, -0.2) is 8.42 Å². The van der Waals surface area contributed by atoms with Crippen LogP contribution in [0.5, 0.6) is 0 Å². The summed E-state index contributed by atoms with van der Waals surface area (Å²) in [5.74, 6) is -1.46. The van der Waals surface area contributed by atoms with E-state index in [0.717, 1.165) is 26.2 Å². The van der Waals surface area contributed by atoms with E-state index in [1.54, 1.807) is 0 Å². The van der Waals surface area contributed by atoms with E-state index in [4.69, 9.17) is 0 Å². The average molecular weight is 318 g/mol. The zero-order valence-corrected chi connectivity index (χ0v) is 12.7. The molecule has 0 saturated carbocycles. The van der Waals surface area contributed by atoms with Crippen LogP contribution in [0.1, 0.15) is 6.42 Å². The minimum atomic E-state index is -3.06. The first-order valence-electron chi connectivity index (χ1n) is 7.18. The summed E-state index contributed by atoms with van der Waals surface area (Å²) >= 11 is 0. The zero-order chi connectivity index (χ0) is 15.3. The molecule has 0 radical (unpaired) electrons. The van der Waals surface area contributed by atoms with Crippen LogP contribution >= 0.6 is 0 Å². The molecule has 8 nitrogen and oxygen atoms in total. The van der Waals surface area contributed by atoms with Gasteiger partial charge in [0.1, 0.15) is 0 Å². The van der Waals surface area contributed by atoms with Crippen molar-refractivity contribution in [1.82, 2.24) is 20.9 Å². The lowest BCUT2D eigenvalue weighted by Gasteiger charge is -2.27. The lowest BCUT2D eigenvalue weighted by Crippen LogP contribution is -2.49. The Hall–Kier alpha value is -1.19. The number of rotatable bonds is 4. The van der Waals surface area contributed by atoms with Crippen molar-refractivity contribution in [3.63, 3.8) is 0 Å². The highest BCUT2D eigenvalue weighted by molar-refractivity contribution is 7.91. The molecule has 0 bridgehead atoms. The number of hydrogen-bond donors (Lipinski definition) is 3. The van der Waals surface area contributed by atoms with Crippen molar-refractivity contribution in [2.24, 2.45) is 0 Å². The maximum absolute atomic E-state index is 11.7. The third kappa shape index (κ3) is 5.25. The Balaban J connectivity index is 1.64. The van der Waals surface area contributed by atoms with E-state index in [0.29, 0.717) is 19.5 Å². The number of amides is 2. The molecule has 2 fully saturated rings. The summed E-state index contributed by atoms with van der Waals surface area (Å²) in [5, 5.41) is 8.27. The number of nitrogens with zero attached hydrogens (tertiary/aromatic N) is 1. The van der Waals surface area contributed by atoms with Crippen LogP contribution in [0.4, 0.5) is 0 Å². The fourth-order valence-electron chi connectivity index (χ4n) is 2.50. The molecule has 2 aliphatic rings. The number of sulfone groups is 1. The number of carbonyl (C=O) groups is 2. The van der Waals surface area contributed by atoms with Crippen LogP contribution in [0.15, 0.2) is 0 Å². The molecular weight excluding hydrogens is 296 g/mol. The Labute approximate surface area is 124 Å². The number of nitrogens with one attached hydrogen (secondary N) is 3. The molecule has 2 rings (SSSR count). The molecule has 2 aliphatic heterocycles. The van der Waals surface area contributed by atoms with Gasteiger partial charge in [0.15, 0.2) is 9.84 Å². The van der Waals surface area contributed by atoms with Crippen molar-refractivity contribution in [3.05, 3.63) is 0 Å². The van der Waals surface area contributed by atoms with E-state index in [2.05, 4.69) is 20.9 Å². The average Bonchev–Trinajstić information content (AvgIpc) is 2.79. The van der Waals surface area contributed by atoms with Crippen LogP contribution in [0.3, 0.4) is 0 Å². The van der Waals surface area contributed by atoms with Crippen LogP contribution in [0, 0.1) is 0 Å². The van der Waals surface area contributed by atoms with Gasteiger partial charge >= 0.3 is 11.8 Å². The van der Waals surface area contributed by atoms with Crippen molar-refractivity contribution in [2.75, 3.05) is 50.8 Å². The SMILES string of the molecule is O=C(NCCN1CCNCC1)C(=O)NC1CCS(=O)(=O)C1. The maximum atomic E-state index is 11.7. The van der Waals surface area contributed by atoms with E-state index in [-0.39, 0.29) is 11.5 Å². The standard InChI is InChI=1S/C12H22N4O4S/c17-11(14-4-7-16-5-2-13-3-6-16)12(18)15-10-1-8-21(19,20)9-10/h10,13H,1-9H2,(H,14,17)(H,15,18). The molecule has 0 aliphatic carbocycles. The molecule has 120 valence electrons. The Morgan fingerprint density at radius 3 is 2.52 bits per heavy atom. The molecular formula is C12H22N4O4S. The van der Waals surface area contributed by atoms with Gasteiger partial charge in [-0.2, -0.15) is 0 Å². The molecule has 2 saturated heterocycles. The van der Waals surface area contributed by atoms with E-state index < -0.39 is 27.7 Å². The summed E-state index contributed by atoms with van der Waals surface area (Å²) in [6.07, 6.45) is 0.377. The highest BCUT2D eigenvalue weighted by atomic mass is 32.2. The fourth-order valence-corrected chi connectivity index (χ4v) is 4.18. The molecule has 1 unspecified atom stereocenters. The molecule has 21 heavy (non-hydrogen) atoms. The summed E-state index contributed by atoms with van der Waals surface area (Å²) in [6.45, 7) is 4.85. The Morgan fingerprint density at radius 1 is 1.19 bits per heavy atom. The minimum Gasteiger partial charge on any atom is -0.347 e. The number of carbonyl (C=O) groups excluding carboxylic acids is 2. The molecule has 2 amide bonds. The largest absolute Gasteiger partial charge is 0.347 e. The van der Waals surface area contributed by atoms with Gasteiger partial charge in [-0.3, -0.25) is 14.5 Å². The Bertz CT molecular complexity index is 487. The monoisotopic (exact) mass is 318 g/mol. The van der Waals surface area contributed by atoms with Gasteiger partial charge in [-0.1, -0.05) is 0 Å². The summed E-state index contributed by atoms with van der Waals surface area (Å²) < 4.78 is 22.6. The minimum absolute atomic E-state index is 0.0720. The van der Waals surface area contributed by atoms with Gasteiger partial charge in [0.2, 0.25) is 0 Å². The zero-order valence-electron chi connectivity index (χ0n) is 11.9. The molecule has 2 heterocycles. The van der Waals surface area contributed by atoms with Crippen molar-refractivity contribution in [3.8, 4) is 0 Å². The lowest BCUT2D eigenvalue weighted by molar-refractivity contribution is -0.139. The molecule has 9 heteroatoms. The topological polar surface area (TPSA) is 108 Å². The van der Waals surface area contributed by atoms with Crippen LogP contribution in [-0.4, -0.2) is 81.9 Å². The second kappa shape index (κ2) is 7.19. The first-order chi connectivity index (χ1) is 9.96. The van der Waals surface area contributed by atoms with E-state index in [1.807, 2.05) is 0 Å². The van der Waals surface area contributed by atoms with E-state index in [1.165, 1.54) is 0 Å². The number of piperazine rings is 1.